The first kappa shape index (κ1) is 13.4. The van der Waals surface area contributed by atoms with E-state index in [9.17, 15) is 0 Å². The van der Waals surface area contributed by atoms with E-state index < -0.39 is 0 Å². The summed E-state index contributed by atoms with van der Waals surface area (Å²) in [5.41, 5.74) is 2.36. The molecular weight excluding hydrogens is 310 g/mol. The first-order chi connectivity index (χ1) is 8.75. The van der Waals surface area contributed by atoms with E-state index in [0.717, 1.165) is 34.6 Å². The van der Waals surface area contributed by atoms with Gasteiger partial charge in [-0.1, -0.05) is 57.9 Å². The molecule has 0 aromatic heterocycles. The molecule has 2 aromatic carbocycles. The topological polar surface area (TPSA) is 12.0 Å². The first-order valence-electron chi connectivity index (χ1n) is 5.98. The average molecular weight is 325 g/mol. The van der Waals surface area contributed by atoms with Crippen LogP contribution in [0.1, 0.15) is 12.0 Å². The number of aryl methyl sites for hydroxylation is 1. The van der Waals surface area contributed by atoms with Crippen molar-refractivity contribution in [2.24, 2.45) is 0 Å². The van der Waals surface area contributed by atoms with Crippen molar-refractivity contribution < 1.29 is 0 Å². The van der Waals surface area contributed by atoms with Gasteiger partial charge in [0, 0.05) is 11.0 Å². The van der Waals surface area contributed by atoms with E-state index in [2.05, 4.69) is 45.5 Å². The van der Waals surface area contributed by atoms with Gasteiger partial charge in [0.05, 0.1) is 10.7 Å². The summed E-state index contributed by atoms with van der Waals surface area (Å²) in [5.74, 6) is 0. The SMILES string of the molecule is Clc1ccc(Br)cc1NCCCc1ccccc1. The maximum atomic E-state index is 6.11. The van der Waals surface area contributed by atoms with Gasteiger partial charge >= 0.3 is 0 Å². The van der Waals surface area contributed by atoms with Crippen molar-refractivity contribution in [2.45, 2.75) is 12.8 Å². The highest BCUT2D eigenvalue weighted by Gasteiger charge is 2.00. The number of hydrogen-bond donors (Lipinski definition) is 1. The summed E-state index contributed by atoms with van der Waals surface area (Å²) in [6.45, 7) is 0.922. The summed E-state index contributed by atoms with van der Waals surface area (Å²) in [7, 11) is 0. The lowest BCUT2D eigenvalue weighted by atomic mass is 10.1. The van der Waals surface area contributed by atoms with Crippen molar-refractivity contribution in [3.05, 3.63) is 63.6 Å². The van der Waals surface area contributed by atoms with E-state index in [-0.39, 0.29) is 0 Å². The molecule has 2 aromatic rings. The van der Waals surface area contributed by atoms with Gasteiger partial charge < -0.3 is 5.32 Å². The van der Waals surface area contributed by atoms with Gasteiger partial charge in [-0.2, -0.15) is 0 Å². The summed E-state index contributed by atoms with van der Waals surface area (Å²) >= 11 is 9.55. The highest BCUT2D eigenvalue weighted by Crippen LogP contribution is 2.25. The van der Waals surface area contributed by atoms with Crippen LogP contribution in [0.2, 0.25) is 5.02 Å². The molecule has 0 bridgehead atoms. The minimum absolute atomic E-state index is 0.762. The van der Waals surface area contributed by atoms with Crippen LogP contribution in [0.5, 0.6) is 0 Å². The lowest BCUT2D eigenvalue weighted by molar-refractivity contribution is 0.863. The third-order valence-electron chi connectivity index (χ3n) is 2.73. The van der Waals surface area contributed by atoms with Gasteiger partial charge in [0.15, 0.2) is 0 Å². The number of halogens is 2. The number of benzene rings is 2. The van der Waals surface area contributed by atoms with Crippen LogP contribution in [0.3, 0.4) is 0 Å². The summed E-state index contributed by atoms with van der Waals surface area (Å²) in [6.07, 6.45) is 2.17. The Hall–Kier alpha value is -0.990. The fourth-order valence-corrected chi connectivity index (χ4v) is 2.34. The fourth-order valence-electron chi connectivity index (χ4n) is 1.79. The highest BCUT2D eigenvalue weighted by atomic mass is 79.9. The second-order valence-electron chi connectivity index (χ2n) is 4.14. The molecule has 94 valence electrons. The normalized spacial score (nSPS) is 10.3. The van der Waals surface area contributed by atoms with Crippen LogP contribution in [0, 0.1) is 0 Å². The van der Waals surface area contributed by atoms with E-state index in [1.807, 2.05) is 24.3 Å². The van der Waals surface area contributed by atoms with Crippen LogP contribution in [0.15, 0.2) is 53.0 Å². The molecule has 0 aliphatic rings. The molecule has 3 heteroatoms. The quantitative estimate of drug-likeness (QED) is 0.750. The molecule has 0 unspecified atom stereocenters. The van der Waals surface area contributed by atoms with Crippen LogP contribution >= 0.6 is 27.5 Å². The Bertz CT molecular complexity index is 499. The van der Waals surface area contributed by atoms with Gasteiger partial charge in [-0.25, -0.2) is 0 Å². The molecule has 0 radical (unpaired) electrons. The molecule has 0 spiro atoms. The fraction of sp³-hybridized carbons (Fsp3) is 0.200. The Morgan fingerprint density at radius 2 is 1.83 bits per heavy atom. The second-order valence-corrected chi connectivity index (χ2v) is 5.46. The first-order valence-corrected chi connectivity index (χ1v) is 7.15. The smallest absolute Gasteiger partial charge is 0.0638 e. The Morgan fingerprint density at radius 1 is 1.06 bits per heavy atom. The van der Waals surface area contributed by atoms with Gasteiger partial charge in [0.25, 0.3) is 0 Å². The number of nitrogens with one attached hydrogen (secondary N) is 1. The van der Waals surface area contributed by atoms with Gasteiger partial charge in [0.1, 0.15) is 0 Å². The molecule has 0 saturated heterocycles. The third-order valence-corrected chi connectivity index (χ3v) is 3.55. The van der Waals surface area contributed by atoms with Crippen molar-refractivity contribution in [3.8, 4) is 0 Å². The van der Waals surface area contributed by atoms with Gasteiger partial charge in [-0.3, -0.25) is 0 Å². The second kappa shape index (κ2) is 6.81. The maximum Gasteiger partial charge on any atom is 0.0638 e. The molecule has 2 rings (SSSR count). The molecule has 0 amide bonds. The largest absolute Gasteiger partial charge is 0.384 e. The maximum absolute atomic E-state index is 6.11. The molecule has 0 aliphatic heterocycles. The third kappa shape index (κ3) is 4.04. The van der Waals surface area contributed by atoms with E-state index in [1.54, 1.807) is 0 Å². The zero-order valence-corrected chi connectivity index (χ0v) is 12.3. The summed E-state index contributed by atoms with van der Waals surface area (Å²) in [4.78, 5) is 0. The summed E-state index contributed by atoms with van der Waals surface area (Å²) in [6, 6.07) is 16.4. The number of anilines is 1. The Kier molecular flexibility index (Phi) is 5.09. The summed E-state index contributed by atoms with van der Waals surface area (Å²) in [5, 5.41) is 4.12. The van der Waals surface area contributed by atoms with Gasteiger partial charge in [-0.05, 0) is 36.6 Å². The minimum Gasteiger partial charge on any atom is -0.384 e. The lowest BCUT2D eigenvalue weighted by Gasteiger charge is -2.08. The van der Waals surface area contributed by atoms with Crippen molar-refractivity contribution in [3.63, 3.8) is 0 Å². The van der Waals surface area contributed by atoms with Crippen LogP contribution in [0.25, 0.3) is 0 Å². The van der Waals surface area contributed by atoms with E-state index in [0.29, 0.717) is 0 Å². The molecule has 1 N–H and O–H groups in total. The summed E-state index contributed by atoms with van der Waals surface area (Å²) < 4.78 is 1.04. The van der Waals surface area contributed by atoms with E-state index in [1.165, 1.54) is 5.56 Å². The zero-order valence-electron chi connectivity index (χ0n) is 10.00. The van der Waals surface area contributed by atoms with Crippen LogP contribution < -0.4 is 5.32 Å². The van der Waals surface area contributed by atoms with Crippen LogP contribution in [-0.2, 0) is 6.42 Å². The Balaban J connectivity index is 1.80. The van der Waals surface area contributed by atoms with Crippen molar-refractivity contribution in [2.75, 3.05) is 11.9 Å². The minimum atomic E-state index is 0.762. The van der Waals surface area contributed by atoms with Gasteiger partial charge in [0.2, 0.25) is 0 Å². The molecule has 0 fully saturated rings. The zero-order chi connectivity index (χ0) is 12.8. The molecule has 0 atom stereocenters. The van der Waals surface area contributed by atoms with E-state index in [4.69, 9.17) is 11.6 Å². The highest BCUT2D eigenvalue weighted by molar-refractivity contribution is 9.10. The Morgan fingerprint density at radius 3 is 2.61 bits per heavy atom. The average Bonchev–Trinajstić information content (AvgIpc) is 2.40. The number of hydrogen-bond acceptors (Lipinski definition) is 1. The molecule has 1 nitrogen and oxygen atoms in total. The van der Waals surface area contributed by atoms with Crippen LogP contribution in [-0.4, -0.2) is 6.54 Å². The monoisotopic (exact) mass is 323 g/mol. The molecule has 0 aliphatic carbocycles. The Labute approximate surface area is 121 Å². The lowest BCUT2D eigenvalue weighted by Crippen LogP contribution is -2.03. The van der Waals surface area contributed by atoms with Gasteiger partial charge in [-0.15, -0.1) is 0 Å². The predicted octanol–water partition coefficient (Wildman–Crippen LogP) is 5.15. The standard InChI is InChI=1S/C15H15BrClN/c16-13-8-9-14(17)15(11-13)18-10-4-7-12-5-2-1-3-6-12/h1-3,5-6,8-9,11,18H,4,7,10H2. The predicted molar refractivity (Wildman–Crippen MR) is 82.4 cm³/mol. The van der Waals surface area contributed by atoms with E-state index >= 15 is 0 Å². The van der Waals surface area contributed by atoms with Crippen molar-refractivity contribution >= 4 is 33.2 Å². The molecular formula is C15H15BrClN. The van der Waals surface area contributed by atoms with Crippen LogP contribution in [0.4, 0.5) is 5.69 Å². The number of rotatable bonds is 5. The molecule has 0 saturated carbocycles. The van der Waals surface area contributed by atoms with Crippen molar-refractivity contribution in [1.29, 1.82) is 0 Å². The molecule has 0 heterocycles. The van der Waals surface area contributed by atoms with Crippen molar-refractivity contribution in [1.82, 2.24) is 0 Å². The molecule has 18 heavy (non-hydrogen) atoms.